The molecule has 2 aromatic heterocycles. The van der Waals surface area contributed by atoms with Crippen molar-refractivity contribution in [2.75, 3.05) is 13.6 Å². The summed E-state index contributed by atoms with van der Waals surface area (Å²) in [6.07, 6.45) is 4.41. The Balaban J connectivity index is 1.57. The Kier molecular flexibility index (Phi) is 7.42. The van der Waals surface area contributed by atoms with Crippen molar-refractivity contribution < 1.29 is 4.79 Å². The van der Waals surface area contributed by atoms with Crippen molar-refractivity contribution in [3.05, 3.63) is 89.2 Å². The maximum absolute atomic E-state index is 12.5. The minimum atomic E-state index is 0.0405. The Morgan fingerprint density at radius 1 is 1.06 bits per heavy atom. The van der Waals surface area contributed by atoms with Gasteiger partial charge in [0.15, 0.2) is 11.0 Å². The predicted octanol–water partition coefficient (Wildman–Crippen LogP) is 5.76. The van der Waals surface area contributed by atoms with Gasteiger partial charge in [-0.3, -0.25) is 14.3 Å². The van der Waals surface area contributed by atoms with E-state index in [0.29, 0.717) is 16.3 Å². The molecule has 8 heteroatoms. The summed E-state index contributed by atoms with van der Waals surface area (Å²) in [7, 11) is 1.83. The third kappa shape index (κ3) is 5.43. The van der Waals surface area contributed by atoms with E-state index in [1.54, 1.807) is 29.1 Å². The molecule has 168 valence electrons. The van der Waals surface area contributed by atoms with E-state index < -0.39 is 0 Å². The van der Waals surface area contributed by atoms with Gasteiger partial charge < -0.3 is 4.90 Å². The van der Waals surface area contributed by atoms with Crippen LogP contribution in [0.3, 0.4) is 0 Å². The molecule has 6 nitrogen and oxygen atoms in total. The molecule has 2 heterocycles. The van der Waals surface area contributed by atoms with Crippen molar-refractivity contribution in [3.63, 3.8) is 0 Å². The van der Waals surface area contributed by atoms with Crippen LogP contribution in [0.25, 0.3) is 17.1 Å². The molecule has 0 aliphatic carbocycles. The van der Waals surface area contributed by atoms with Gasteiger partial charge in [-0.15, -0.1) is 10.2 Å². The van der Waals surface area contributed by atoms with E-state index >= 15 is 0 Å². The highest BCUT2D eigenvalue weighted by Gasteiger charge is 2.17. The average Bonchev–Trinajstić information content (AvgIpc) is 3.27. The number of hydrogen-bond acceptors (Lipinski definition) is 5. The number of carbonyl (C=O) groups excluding carboxylic acids is 1. The van der Waals surface area contributed by atoms with Gasteiger partial charge in [-0.2, -0.15) is 0 Å². The Hall–Kier alpha value is -3.16. The van der Waals surface area contributed by atoms with Crippen molar-refractivity contribution in [1.82, 2.24) is 24.6 Å². The molecule has 0 spiro atoms. The number of hydrogen-bond donors (Lipinski definition) is 0. The number of halogens is 1. The van der Waals surface area contributed by atoms with Gasteiger partial charge in [-0.1, -0.05) is 48.5 Å². The molecule has 0 atom stereocenters. The number of nitrogens with zero attached hydrogens (tertiary/aromatic N) is 5. The molecular weight excluding hydrogens is 454 g/mol. The highest BCUT2D eigenvalue weighted by atomic mass is 35.5. The van der Waals surface area contributed by atoms with Crippen LogP contribution in [0.4, 0.5) is 0 Å². The standard InChI is InChI=1S/C25H24ClN5OS/c1-3-15-30(2)24(32)20-9-7-18(8-10-20)17-33-25-29-28-23(19-11-13-27-14-12-19)31(25)22-6-4-5-21(26)16-22/h4-14,16H,3,15,17H2,1-2H3. The highest BCUT2D eigenvalue weighted by Crippen LogP contribution is 2.30. The summed E-state index contributed by atoms with van der Waals surface area (Å²) in [4.78, 5) is 18.3. The van der Waals surface area contributed by atoms with E-state index in [9.17, 15) is 4.79 Å². The first kappa shape index (κ1) is 23.0. The van der Waals surface area contributed by atoms with E-state index in [1.165, 1.54) is 0 Å². The van der Waals surface area contributed by atoms with Crippen LogP contribution in [-0.2, 0) is 5.75 Å². The van der Waals surface area contributed by atoms with Crippen molar-refractivity contribution in [2.24, 2.45) is 0 Å². The fourth-order valence-corrected chi connectivity index (χ4v) is 4.54. The third-order valence-electron chi connectivity index (χ3n) is 5.11. The van der Waals surface area contributed by atoms with Gasteiger partial charge in [0.2, 0.25) is 0 Å². The Labute approximate surface area is 202 Å². The Morgan fingerprint density at radius 3 is 2.52 bits per heavy atom. The lowest BCUT2D eigenvalue weighted by Crippen LogP contribution is -2.27. The van der Waals surface area contributed by atoms with Gasteiger partial charge in [0.1, 0.15) is 0 Å². The van der Waals surface area contributed by atoms with Gasteiger partial charge in [-0.25, -0.2) is 0 Å². The Bertz CT molecular complexity index is 1230. The second kappa shape index (κ2) is 10.6. The first-order valence-electron chi connectivity index (χ1n) is 10.7. The van der Waals surface area contributed by atoms with Crippen molar-refractivity contribution in [2.45, 2.75) is 24.3 Å². The maximum Gasteiger partial charge on any atom is 0.253 e. The minimum Gasteiger partial charge on any atom is -0.342 e. The molecule has 2 aromatic carbocycles. The Morgan fingerprint density at radius 2 is 1.82 bits per heavy atom. The molecule has 4 aromatic rings. The van der Waals surface area contributed by atoms with Gasteiger partial charge in [0, 0.05) is 47.9 Å². The minimum absolute atomic E-state index is 0.0405. The summed E-state index contributed by atoms with van der Waals surface area (Å²) in [5.74, 6) is 1.45. The van der Waals surface area contributed by atoms with Crippen LogP contribution >= 0.6 is 23.4 Å². The molecule has 0 saturated carbocycles. The number of aromatic nitrogens is 4. The first-order valence-corrected chi connectivity index (χ1v) is 12.0. The smallest absolute Gasteiger partial charge is 0.253 e. The average molecular weight is 478 g/mol. The monoisotopic (exact) mass is 477 g/mol. The number of amides is 1. The molecule has 4 rings (SSSR count). The second-order valence-electron chi connectivity index (χ2n) is 7.57. The van der Waals surface area contributed by atoms with Crippen LogP contribution in [-0.4, -0.2) is 44.1 Å². The van der Waals surface area contributed by atoms with Gasteiger partial charge >= 0.3 is 0 Å². The number of thioether (sulfide) groups is 1. The topological polar surface area (TPSA) is 63.9 Å². The van der Waals surface area contributed by atoms with Crippen LogP contribution in [0.15, 0.2) is 78.2 Å². The van der Waals surface area contributed by atoms with Crippen LogP contribution in [0.1, 0.15) is 29.3 Å². The summed E-state index contributed by atoms with van der Waals surface area (Å²) in [6, 6.07) is 19.2. The summed E-state index contributed by atoms with van der Waals surface area (Å²) in [5.41, 5.74) is 3.60. The van der Waals surface area contributed by atoms with Crippen LogP contribution < -0.4 is 0 Å². The highest BCUT2D eigenvalue weighted by molar-refractivity contribution is 7.98. The first-order chi connectivity index (χ1) is 16.1. The molecule has 0 saturated heterocycles. The summed E-state index contributed by atoms with van der Waals surface area (Å²) >= 11 is 7.85. The van der Waals surface area contributed by atoms with Gasteiger partial charge in [0.05, 0.1) is 5.69 Å². The van der Waals surface area contributed by atoms with E-state index in [1.807, 2.05) is 72.3 Å². The zero-order valence-corrected chi connectivity index (χ0v) is 20.1. The lowest BCUT2D eigenvalue weighted by atomic mass is 10.1. The van der Waals surface area contributed by atoms with Crippen LogP contribution in [0.2, 0.25) is 5.02 Å². The quantitative estimate of drug-likeness (QED) is 0.302. The van der Waals surface area contributed by atoms with E-state index in [-0.39, 0.29) is 5.91 Å². The summed E-state index contributed by atoms with van der Waals surface area (Å²) in [5, 5.41) is 10.3. The molecule has 1 amide bonds. The molecule has 33 heavy (non-hydrogen) atoms. The molecular formula is C25H24ClN5OS. The zero-order chi connectivity index (χ0) is 23.2. The normalized spacial score (nSPS) is 10.9. The largest absolute Gasteiger partial charge is 0.342 e. The molecule has 0 bridgehead atoms. The number of benzene rings is 2. The lowest BCUT2D eigenvalue weighted by molar-refractivity contribution is 0.0795. The second-order valence-corrected chi connectivity index (χ2v) is 8.95. The summed E-state index contributed by atoms with van der Waals surface area (Å²) in [6.45, 7) is 2.81. The van der Waals surface area contributed by atoms with Gasteiger partial charge in [-0.05, 0) is 54.4 Å². The number of pyridine rings is 1. The van der Waals surface area contributed by atoms with E-state index in [4.69, 9.17) is 11.6 Å². The molecule has 0 unspecified atom stereocenters. The van der Waals surface area contributed by atoms with Crippen molar-refractivity contribution >= 4 is 29.3 Å². The molecule has 0 aliphatic rings. The molecule has 0 aliphatic heterocycles. The van der Waals surface area contributed by atoms with Gasteiger partial charge in [0.25, 0.3) is 5.91 Å². The maximum atomic E-state index is 12.5. The van der Waals surface area contributed by atoms with Crippen LogP contribution in [0.5, 0.6) is 0 Å². The van der Waals surface area contributed by atoms with Crippen molar-refractivity contribution in [3.8, 4) is 17.1 Å². The van der Waals surface area contributed by atoms with Crippen molar-refractivity contribution in [1.29, 1.82) is 0 Å². The number of rotatable bonds is 8. The van der Waals surface area contributed by atoms with E-state index in [0.717, 1.165) is 40.8 Å². The fraction of sp³-hybridized carbons (Fsp3) is 0.200. The third-order valence-corrected chi connectivity index (χ3v) is 6.35. The summed E-state index contributed by atoms with van der Waals surface area (Å²) < 4.78 is 2.00. The van der Waals surface area contributed by atoms with E-state index in [2.05, 4.69) is 22.1 Å². The zero-order valence-electron chi connectivity index (χ0n) is 18.5. The molecule has 0 fully saturated rings. The SMILES string of the molecule is CCCN(C)C(=O)c1ccc(CSc2nnc(-c3ccncc3)n2-c2cccc(Cl)c2)cc1. The number of carbonyl (C=O) groups is 1. The lowest BCUT2D eigenvalue weighted by Gasteiger charge is -2.16. The molecule has 0 N–H and O–H groups in total. The fourth-order valence-electron chi connectivity index (χ4n) is 3.45. The predicted molar refractivity (Wildman–Crippen MR) is 133 cm³/mol. The molecule has 0 radical (unpaired) electrons. The van der Waals surface area contributed by atoms with Crippen LogP contribution in [0, 0.1) is 0 Å².